The van der Waals surface area contributed by atoms with Gasteiger partial charge in [-0.15, -0.1) is 0 Å². The Hall–Kier alpha value is -2.33. The fraction of sp³-hybridized carbons (Fsp3) is 0.381. The number of carbonyl (C=O) groups excluding carboxylic acids is 1. The van der Waals surface area contributed by atoms with E-state index in [9.17, 15) is 4.79 Å². The van der Waals surface area contributed by atoms with Crippen molar-refractivity contribution in [3.63, 3.8) is 0 Å². The lowest BCUT2D eigenvalue weighted by molar-refractivity contribution is -0.122. The van der Waals surface area contributed by atoms with Crippen LogP contribution < -0.4 is 10.1 Å². The Kier molecular flexibility index (Phi) is 5.39. The molecule has 2 aromatic rings. The van der Waals surface area contributed by atoms with Crippen LogP contribution in [0.5, 0.6) is 5.75 Å². The Morgan fingerprint density at radius 1 is 1.12 bits per heavy atom. The number of benzene rings is 2. The minimum absolute atomic E-state index is 0.0531. The van der Waals surface area contributed by atoms with Crippen LogP contribution in [0.2, 0.25) is 0 Å². The largest absolute Gasteiger partial charge is 0.496 e. The predicted octanol–water partition coefficient (Wildman–Crippen LogP) is 3.18. The highest BCUT2D eigenvalue weighted by Crippen LogP contribution is 2.50. The molecule has 2 atom stereocenters. The van der Waals surface area contributed by atoms with E-state index in [4.69, 9.17) is 4.74 Å². The predicted molar refractivity (Wildman–Crippen MR) is 99.5 cm³/mol. The normalized spacial score (nSPS) is 18.9. The van der Waals surface area contributed by atoms with Crippen molar-refractivity contribution in [1.82, 2.24) is 10.2 Å². The van der Waals surface area contributed by atoms with E-state index in [1.165, 1.54) is 11.1 Å². The maximum Gasteiger partial charge on any atom is 0.224 e. The van der Waals surface area contributed by atoms with Gasteiger partial charge in [0.05, 0.1) is 7.11 Å². The molecule has 132 valence electrons. The highest BCUT2D eigenvalue weighted by atomic mass is 16.5. The van der Waals surface area contributed by atoms with Gasteiger partial charge in [0.1, 0.15) is 5.75 Å². The van der Waals surface area contributed by atoms with Crippen LogP contribution in [0.25, 0.3) is 0 Å². The third-order valence-corrected chi connectivity index (χ3v) is 4.72. The number of para-hydroxylation sites is 1. The molecule has 0 aromatic heterocycles. The number of ether oxygens (including phenoxy) is 1. The van der Waals surface area contributed by atoms with Gasteiger partial charge >= 0.3 is 0 Å². The Labute approximate surface area is 149 Å². The minimum atomic E-state index is 0.0531. The SMILES string of the molecule is COc1ccccc1[C@@H]1C[C@H]1C(=O)NCc1ccccc1CN(C)C. The van der Waals surface area contributed by atoms with Gasteiger partial charge in [0.15, 0.2) is 0 Å². The zero-order valence-electron chi connectivity index (χ0n) is 15.2. The number of methoxy groups -OCH3 is 1. The monoisotopic (exact) mass is 338 g/mol. The molecule has 0 radical (unpaired) electrons. The minimum Gasteiger partial charge on any atom is -0.496 e. The molecular weight excluding hydrogens is 312 g/mol. The van der Waals surface area contributed by atoms with Crippen LogP contribution >= 0.6 is 0 Å². The Morgan fingerprint density at radius 2 is 1.80 bits per heavy atom. The first-order valence-corrected chi connectivity index (χ1v) is 8.72. The van der Waals surface area contributed by atoms with Crippen LogP contribution in [0.3, 0.4) is 0 Å². The highest BCUT2D eigenvalue weighted by Gasteiger charge is 2.45. The smallest absolute Gasteiger partial charge is 0.224 e. The topological polar surface area (TPSA) is 41.6 Å². The quantitative estimate of drug-likeness (QED) is 0.843. The molecule has 0 spiro atoms. The Balaban J connectivity index is 1.60. The lowest BCUT2D eigenvalue weighted by Gasteiger charge is -2.14. The molecule has 0 heterocycles. The first-order chi connectivity index (χ1) is 12.1. The van der Waals surface area contributed by atoms with Gasteiger partial charge in [-0.2, -0.15) is 0 Å². The summed E-state index contributed by atoms with van der Waals surface area (Å²) in [5.74, 6) is 1.33. The average molecular weight is 338 g/mol. The van der Waals surface area contributed by atoms with E-state index in [-0.39, 0.29) is 17.7 Å². The van der Waals surface area contributed by atoms with Crippen molar-refractivity contribution in [2.45, 2.75) is 25.4 Å². The number of nitrogens with one attached hydrogen (secondary N) is 1. The average Bonchev–Trinajstić information content (AvgIpc) is 3.41. The molecule has 2 aromatic carbocycles. The summed E-state index contributed by atoms with van der Waals surface area (Å²) < 4.78 is 5.42. The Morgan fingerprint density at radius 3 is 2.52 bits per heavy atom. The van der Waals surface area contributed by atoms with Gasteiger partial charge in [-0.1, -0.05) is 42.5 Å². The summed E-state index contributed by atoms with van der Waals surface area (Å²) in [6, 6.07) is 16.3. The van der Waals surface area contributed by atoms with Gasteiger partial charge in [-0.05, 0) is 49.2 Å². The Bertz CT molecular complexity index is 742. The van der Waals surface area contributed by atoms with Crippen molar-refractivity contribution in [3.8, 4) is 5.75 Å². The fourth-order valence-electron chi connectivity index (χ4n) is 3.34. The highest BCUT2D eigenvalue weighted by molar-refractivity contribution is 5.83. The molecule has 25 heavy (non-hydrogen) atoms. The summed E-state index contributed by atoms with van der Waals surface area (Å²) in [4.78, 5) is 14.7. The molecule has 1 N–H and O–H groups in total. The lowest BCUT2D eigenvalue weighted by Crippen LogP contribution is -2.26. The molecule has 0 bridgehead atoms. The van der Waals surface area contributed by atoms with Gasteiger partial charge in [-0.3, -0.25) is 4.79 Å². The standard InChI is InChI=1S/C21H26N2O2/c1-23(2)14-16-9-5-4-8-15(16)13-22-21(24)19-12-18(19)17-10-6-7-11-20(17)25-3/h4-11,18-19H,12-14H2,1-3H3,(H,22,24)/t18-,19+/m0/s1. The van der Waals surface area contributed by atoms with Crippen LogP contribution in [0.4, 0.5) is 0 Å². The first kappa shape index (κ1) is 17.5. The van der Waals surface area contributed by atoms with Crippen LogP contribution in [-0.4, -0.2) is 32.0 Å². The van der Waals surface area contributed by atoms with E-state index >= 15 is 0 Å². The van der Waals surface area contributed by atoms with Crippen molar-refractivity contribution in [2.24, 2.45) is 5.92 Å². The van der Waals surface area contributed by atoms with Crippen LogP contribution in [0, 0.1) is 5.92 Å². The zero-order chi connectivity index (χ0) is 17.8. The van der Waals surface area contributed by atoms with Gasteiger partial charge in [0, 0.05) is 19.0 Å². The lowest BCUT2D eigenvalue weighted by atomic mass is 10.1. The van der Waals surface area contributed by atoms with E-state index in [1.54, 1.807) is 7.11 Å². The number of hydrogen-bond acceptors (Lipinski definition) is 3. The number of rotatable bonds is 7. The van der Waals surface area contributed by atoms with Gasteiger partial charge < -0.3 is 15.0 Å². The molecule has 1 aliphatic rings. The summed E-state index contributed by atoms with van der Waals surface area (Å²) in [6.07, 6.45) is 0.894. The second-order valence-electron chi connectivity index (χ2n) is 6.91. The summed E-state index contributed by atoms with van der Waals surface area (Å²) in [6.45, 7) is 1.46. The molecule has 0 unspecified atom stereocenters. The number of amides is 1. The summed E-state index contributed by atoms with van der Waals surface area (Å²) in [5.41, 5.74) is 3.57. The number of carbonyl (C=O) groups is 1. The van der Waals surface area contributed by atoms with Gasteiger partial charge in [0.2, 0.25) is 5.91 Å². The second kappa shape index (κ2) is 7.70. The first-order valence-electron chi connectivity index (χ1n) is 8.72. The van der Waals surface area contributed by atoms with E-state index in [0.717, 1.165) is 24.3 Å². The van der Waals surface area contributed by atoms with Crippen molar-refractivity contribution in [3.05, 3.63) is 65.2 Å². The molecule has 4 heteroatoms. The van der Waals surface area contributed by atoms with Crippen LogP contribution in [-0.2, 0) is 17.9 Å². The van der Waals surface area contributed by atoms with E-state index in [1.807, 2.05) is 30.3 Å². The summed E-state index contributed by atoms with van der Waals surface area (Å²) in [5, 5.41) is 3.11. The summed E-state index contributed by atoms with van der Waals surface area (Å²) >= 11 is 0. The van der Waals surface area contributed by atoms with Gasteiger partial charge in [-0.25, -0.2) is 0 Å². The molecule has 1 amide bonds. The molecule has 4 nitrogen and oxygen atoms in total. The van der Waals surface area contributed by atoms with Crippen molar-refractivity contribution in [2.75, 3.05) is 21.2 Å². The third-order valence-electron chi connectivity index (χ3n) is 4.72. The van der Waals surface area contributed by atoms with Crippen molar-refractivity contribution in [1.29, 1.82) is 0 Å². The molecule has 1 saturated carbocycles. The van der Waals surface area contributed by atoms with Crippen LogP contribution in [0.15, 0.2) is 48.5 Å². The van der Waals surface area contributed by atoms with Crippen molar-refractivity contribution >= 4 is 5.91 Å². The molecular formula is C21H26N2O2. The van der Waals surface area contributed by atoms with Crippen molar-refractivity contribution < 1.29 is 9.53 Å². The molecule has 0 aliphatic heterocycles. The fourth-order valence-corrected chi connectivity index (χ4v) is 3.34. The van der Waals surface area contributed by atoms with Crippen LogP contribution in [0.1, 0.15) is 29.0 Å². The van der Waals surface area contributed by atoms with E-state index in [2.05, 4.69) is 42.5 Å². The molecule has 1 aliphatic carbocycles. The third kappa shape index (κ3) is 4.20. The molecule has 3 rings (SSSR count). The van der Waals surface area contributed by atoms with E-state index in [0.29, 0.717) is 6.54 Å². The van der Waals surface area contributed by atoms with Gasteiger partial charge in [0.25, 0.3) is 0 Å². The maximum atomic E-state index is 12.5. The second-order valence-corrected chi connectivity index (χ2v) is 6.91. The molecule has 0 saturated heterocycles. The zero-order valence-corrected chi connectivity index (χ0v) is 15.2. The number of hydrogen-bond donors (Lipinski definition) is 1. The van der Waals surface area contributed by atoms with E-state index < -0.39 is 0 Å². The molecule has 1 fully saturated rings. The maximum absolute atomic E-state index is 12.5. The number of nitrogens with zero attached hydrogens (tertiary/aromatic N) is 1. The summed E-state index contributed by atoms with van der Waals surface area (Å²) in [7, 11) is 5.78.